The third kappa shape index (κ3) is 2.72. The predicted octanol–water partition coefficient (Wildman–Crippen LogP) is 3.10. The normalized spacial score (nSPS) is 24.9. The first-order chi connectivity index (χ1) is 11.1. The molecule has 4 rings (SSSR count). The van der Waals surface area contributed by atoms with Crippen molar-refractivity contribution < 1.29 is 9.90 Å². The number of piperidine rings is 1. The number of aliphatic hydroxyl groups excluding tert-OH is 1. The molecule has 2 atom stereocenters. The quantitative estimate of drug-likeness (QED) is 0.927. The van der Waals surface area contributed by atoms with Gasteiger partial charge in [0.1, 0.15) is 5.69 Å². The number of benzene rings is 1. The monoisotopic (exact) mass is 310 g/mol. The largest absolute Gasteiger partial charge is 0.391 e. The minimum atomic E-state index is -0.417. The van der Waals surface area contributed by atoms with Gasteiger partial charge in [-0.2, -0.15) is 0 Å². The summed E-state index contributed by atoms with van der Waals surface area (Å²) >= 11 is 0. The van der Waals surface area contributed by atoms with E-state index in [1.165, 1.54) is 0 Å². The van der Waals surface area contributed by atoms with Crippen molar-refractivity contribution in [1.29, 1.82) is 0 Å². The summed E-state index contributed by atoms with van der Waals surface area (Å²) in [6, 6.07) is 10.3. The molecular weight excluding hydrogens is 288 g/mol. The van der Waals surface area contributed by atoms with E-state index in [2.05, 4.69) is 19.1 Å². The number of rotatable bonds is 2. The molecule has 1 N–H and O–H groups in total. The Morgan fingerprint density at radius 2 is 2.00 bits per heavy atom. The number of hydrogen-bond acceptors (Lipinski definition) is 3. The molecule has 1 aliphatic carbocycles. The van der Waals surface area contributed by atoms with E-state index in [4.69, 9.17) is 4.98 Å². The molecule has 0 unspecified atom stereocenters. The average Bonchev–Trinajstić information content (AvgIpc) is 3.40. The first-order valence-corrected chi connectivity index (χ1v) is 8.52. The molecule has 4 heteroatoms. The summed E-state index contributed by atoms with van der Waals surface area (Å²) in [4.78, 5) is 19.6. The summed E-state index contributed by atoms with van der Waals surface area (Å²) < 4.78 is 0. The minimum Gasteiger partial charge on any atom is -0.391 e. The lowest BCUT2D eigenvalue weighted by molar-refractivity contribution is 0.0304. The van der Waals surface area contributed by atoms with Crippen LogP contribution in [0.3, 0.4) is 0 Å². The van der Waals surface area contributed by atoms with E-state index in [1.807, 2.05) is 18.2 Å². The van der Waals surface area contributed by atoms with E-state index >= 15 is 0 Å². The van der Waals surface area contributed by atoms with Gasteiger partial charge in [0.05, 0.1) is 11.6 Å². The molecule has 0 radical (unpaired) electrons. The number of amides is 1. The Bertz CT molecular complexity index is 754. The van der Waals surface area contributed by atoms with Crippen LogP contribution in [0.4, 0.5) is 0 Å². The van der Waals surface area contributed by atoms with Gasteiger partial charge in [-0.25, -0.2) is 4.98 Å². The third-order valence-corrected chi connectivity index (χ3v) is 5.09. The van der Waals surface area contributed by atoms with Crippen LogP contribution in [0.2, 0.25) is 0 Å². The van der Waals surface area contributed by atoms with Gasteiger partial charge in [0.15, 0.2) is 0 Å². The number of nitrogens with zero attached hydrogens (tertiary/aromatic N) is 2. The van der Waals surface area contributed by atoms with Crippen molar-refractivity contribution >= 4 is 16.8 Å². The number of β-amino-alcohol motifs (C(OH)–C–C–N with tert-alkyl or cyclic N) is 1. The molecule has 2 fully saturated rings. The first-order valence-electron chi connectivity index (χ1n) is 8.52. The fourth-order valence-corrected chi connectivity index (χ4v) is 3.52. The Morgan fingerprint density at radius 1 is 1.22 bits per heavy atom. The van der Waals surface area contributed by atoms with Gasteiger partial charge in [-0.3, -0.25) is 4.79 Å². The van der Waals surface area contributed by atoms with Crippen molar-refractivity contribution in [3.8, 4) is 0 Å². The number of carbonyl (C=O) groups is 1. The van der Waals surface area contributed by atoms with Gasteiger partial charge in [0.25, 0.3) is 5.91 Å². The molecule has 1 saturated carbocycles. The van der Waals surface area contributed by atoms with Gasteiger partial charge < -0.3 is 10.0 Å². The van der Waals surface area contributed by atoms with Crippen molar-refractivity contribution in [2.75, 3.05) is 6.54 Å². The molecule has 1 aliphatic heterocycles. The Balaban J connectivity index is 1.77. The smallest absolute Gasteiger partial charge is 0.273 e. The molecule has 2 aromatic rings. The molecule has 4 nitrogen and oxygen atoms in total. The van der Waals surface area contributed by atoms with Crippen LogP contribution in [0.25, 0.3) is 10.9 Å². The van der Waals surface area contributed by atoms with Crippen molar-refractivity contribution in [1.82, 2.24) is 9.88 Å². The van der Waals surface area contributed by atoms with Crippen LogP contribution in [0.5, 0.6) is 0 Å². The maximum Gasteiger partial charge on any atom is 0.273 e. The topological polar surface area (TPSA) is 53.4 Å². The maximum absolute atomic E-state index is 13.1. The first kappa shape index (κ1) is 14.6. The van der Waals surface area contributed by atoms with E-state index < -0.39 is 6.10 Å². The molecule has 0 spiro atoms. The molecule has 120 valence electrons. The highest BCUT2D eigenvalue weighted by Gasteiger charge is 2.34. The second kappa shape index (κ2) is 5.60. The van der Waals surface area contributed by atoms with Crippen molar-refractivity contribution in [3.63, 3.8) is 0 Å². The van der Waals surface area contributed by atoms with Crippen LogP contribution >= 0.6 is 0 Å². The summed E-state index contributed by atoms with van der Waals surface area (Å²) in [6.07, 6.45) is 3.47. The fourth-order valence-electron chi connectivity index (χ4n) is 3.52. The SMILES string of the molecule is C[C@@H]1CC[C@@H](O)CN1C(=O)c1nc2ccccc2cc1C1CC1. The van der Waals surface area contributed by atoms with E-state index in [1.54, 1.807) is 4.90 Å². The standard InChI is InChI=1S/C19H22N2O2/c1-12-6-9-15(22)11-21(12)19(23)18-16(13-7-8-13)10-14-4-2-3-5-17(14)20-18/h2-5,10,12-13,15,22H,6-9,11H2,1H3/t12-,15-/m1/s1. The van der Waals surface area contributed by atoms with Crippen LogP contribution in [0.1, 0.15) is 54.6 Å². The molecule has 1 amide bonds. The van der Waals surface area contributed by atoms with Crippen LogP contribution < -0.4 is 0 Å². The van der Waals surface area contributed by atoms with Crippen LogP contribution in [0.15, 0.2) is 30.3 Å². The van der Waals surface area contributed by atoms with Crippen LogP contribution in [-0.4, -0.2) is 39.6 Å². The number of carbonyl (C=O) groups excluding carboxylic acids is 1. The van der Waals surface area contributed by atoms with Gasteiger partial charge in [-0.1, -0.05) is 18.2 Å². The van der Waals surface area contributed by atoms with E-state index in [0.717, 1.165) is 42.1 Å². The number of para-hydroxylation sites is 1. The number of pyridine rings is 1. The van der Waals surface area contributed by atoms with Gasteiger partial charge in [0.2, 0.25) is 0 Å². The lowest BCUT2D eigenvalue weighted by Gasteiger charge is -2.36. The zero-order chi connectivity index (χ0) is 16.0. The second-order valence-corrected chi connectivity index (χ2v) is 6.93. The lowest BCUT2D eigenvalue weighted by atomic mass is 9.99. The van der Waals surface area contributed by atoms with E-state index in [0.29, 0.717) is 18.2 Å². The molecule has 1 saturated heterocycles. The van der Waals surface area contributed by atoms with Crippen molar-refractivity contribution in [2.24, 2.45) is 0 Å². The van der Waals surface area contributed by atoms with Crippen molar-refractivity contribution in [2.45, 2.75) is 50.7 Å². The number of fused-ring (bicyclic) bond motifs is 1. The molecule has 2 heterocycles. The highest BCUT2D eigenvalue weighted by Crippen LogP contribution is 2.42. The third-order valence-electron chi connectivity index (χ3n) is 5.09. The number of hydrogen-bond donors (Lipinski definition) is 1. The van der Waals surface area contributed by atoms with Gasteiger partial charge >= 0.3 is 0 Å². The molecule has 1 aromatic heterocycles. The maximum atomic E-state index is 13.1. The highest BCUT2D eigenvalue weighted by atomic mass is 16.3. The molecular formula is C19H22N2O2. The average molecular weight is 310 g/mol. The second-order valence-electron chi connectivity index (χ2n) is 6.93. The number of aliphatic hydroxyl groups is 1. The van der Waals surface area contributed by atoms with Gasteiger partial charge in [-0.05, 0) is 56.2 Å². The molecule has 23 heavy (non-hydrogen) atoms. The van der Waals surface area contributed by atoms with Crippen LogP contribution in [0, 0.1) is 0 Å². The Labute approximate surface area is 136 Å². The highest BCUT2D eigenvalue weighted by molar-refractivity contribution is 5.97. The van der Waals surface area contributed by atoms with E-state index in [-0.39, 0.29) is 11.9 Å². The number of likely N-dealkylation sites (tertiary alicyclic amines) is 1. The lowest BCUT2D eigenvalue weighted by Crippen LogP contribution is -2.47. The Morgan fingerprint density at radius 3 is 2.78 bits per heavy atom. The summed E-state index contributed by atoms with van der Waals surface area (Å²) in [5.41, 5.74) is 2.54. The van der Waals surface area contributed by atoms with Crippen molar-refractivity contribution in [3.05, 3.63) is 41.6 Å². The minimum absolute atomic E-state index is 0.0242. The van der Waals surface area contributed by atoms with Gasteiger partial charge in [0, 0.05) is 18.0 Å². The molecule has 1 aromatic carbocycles. The summed E-state index contributed by atoms with van der Waals surface area (Å²) in [5.74, 6) is 0.444. The zero-order valence-corrected chi connectivity index (χ0v) is 13.4. The summed E-state index contributed by atoms with van der Waals surface area (Å²) in [6.45, 7) is 2.47. The Hall–Kier alpha value is -1.94. The molecule has 2 aliphatic rings. The zero-order valence-electron chi connectivity index (χ0n) is 13.4. The van der Waals surface area contributed by atoms with E-state index in [9.17, 15) is 9.90 Å². The predicted molar refractivity (Wildman–Crippen MR) is 89.5 cm³/mol. The summed E-state index contributed by atoms with van der Waals surface area (Å²) in [7, 11) is 0. The molecule has 0 bridgehead atoms. The Kier molecular flexibility index (Phi) is 3.57. The summed E-state index contributed by atoms with van der Waals surface area (Å²) in [5, 5.41) is 11.0. The van der Waals surface area contributed by atoms with Crippen LogP contribution in [-0.2, 0) is 0 Å². The van der Waals surface area contributed by atoms with Gasteiger partial charge in [-0.15, -0.1) is 0 Å². The fraction of sp³-hybridized carbons (Fsp3) is 0.474. The number of aromatic nitrogens is 1.